The van der Waals surface area contributed by atoms with Crippen LogP contribution < -0.4 is 0 Å². The Morgan fingerprint density at radius 1 is 0.551 bits per heavy atom. The fraction of sp³-hybridized carbons (Fsp3) is 0.400. The summed E-state index contributed by atoms with van der Waals surface area (Å²) in [7, 11) is 2.83. The fourth-order valence-corrected chi connectivity index (χ4v) is 8.15. The largest absolute Gasteiger partial charge is 0.394 e. The maximum absolute atomic E-state index is 10.8. The van der Waals surface area contributed by atoms with Gasteiger partial charge in [0.05, 0.1) is 78.4 Å². The van der Waals surface area contributed by atoms with Crippen molar-refractivity contribution in [2.24, 2.45) is 5.92 Å². The molecule has 0 aromatic heterocycles. The maximum Gasteiger partial charge on any atom is 0.229 e. The third-order valence-corrected chi connectivity index (χ3v) is 12.2. The van der Waals surface area contributed by atoms with Gasteiger partial charge in [0, 0.05) is 23.7 Å². The van der Waals surface area contributed by atoms with Crippen molar-refractivity contribution in [3.05, 3.63) is 215 Å². The van der Waals surface area contributed by atoms with Crippen molar-refractivity contribution in [1.82, 2.24) is 0 Å². The van der Waals surface area contributed by atoms with Gasteiger partial charge in [-0.3, -0.25) is 0 Å². The van der Waals surface area contributed by atoms with E-state index >= 15 is 0 Å². The summed E-state index contributed by atoms with van der Waals surface area (Å²) in [5.41, 5.74) is 6.15. The van der Waals surface area contributed by atoms with Crippen molar-refractivity contribution < 1.29 is 76.6 Å². The summed E-state index contributed by atoms with van der Waals surface area (Å²) in [5.74, 6) is -0.0721. The van der Waals surface area contributed by atoms with Crippen molar-refractivity contribution in [3.8, 4) is 0 Å². The number of aliphatic hydroxyl groups is 5. The van der Waals surface area contributed by atoms with Gasteiger partial charge in [-0.1, -0.05) is 189 Å². The molecule has 0 amide bonds. The summed E-state index contributed by atoms with van der Waals surface area (Å²) in [6, 6.07) is 58.9. The highest BCUT2D eigenvalue weighted by atomic mass is 35.7. The number of ether oxygens (including phenoxy) is 9. The molecule has 2 aliphatic heterocycles. The molecule has 2 aliphatic rings. The van der Waals surface area contributed by atoms with Gasteiger partial charge in [-0.25, -0.2) is 8.42 Å². The second-order valence-electron chi connectivity index (χ2n) is 18.4. The predicted molar refractivity (Wildman–Crippen MR) is 295 cm³/mol. The molecular formula is C60H75ClO16S. The first-order valence-electron chi connectivity index (χ1n) is 25.6. The molecule has 0 bridgehead atoms. The number of hydrogen-bond donors (Lipinski definition) is 5. The van der Waals surface area contributed by atoms with Gasteiger partial charge in [-0.05, 0) is 33.4 Å². The fourth-order valence-electron chi connectivity index (χ4n) is 8.15. The highest BCUT2D eigenvalue weighted by molar-refractivity contribution is 8.13. The van der Waals surface area contributed by atoms with Gasteiger partial charge in [-0.15, -0.1) is 0 Å². The molecule has 16 nitrogen and oxygen atoms in total. The van der Waals surface area contributed by atoms with E-state index in [1.807, 2.05) is 189 Å². The molecule has 6 aromatic carbocycles. The minimum Gasteiger partial charge on any atom is -0.394 e. The molecule has 18 heteroatoms. The lowest BCUT2D eigenvalue weighted by Crippen LogP contribution is -2.45. The molecule has 2 heterocycles. The number of aliphatic hydroxyl groups excluding tert-OH is 5. The van der Waals surface area contributed by atoms with Crippen molar-refractivity contribution in [2.75, 3.05) is 39.8 Å². The quantitative estimate of drug-likeness (QED) is 0.0354. The summed E-state index contributed by atoms with van der Waals surface area (Å²) in [6.45, 7) is 4.01. The molecule has 0 aliphatic carbocycles. The molecule has 8 rings (SSSR count). The molecule has 2 saturated heterocycles. The van der Waals surface area contributed by atoms with E-state index in [0.717, 1.165) is 39.6 Å². The molecule has 0 saturated carbocycles. The minimum absolute atomic E-state index is 0.0690. The van der Waals surface area contributed by atoms with E-state index in [1.165, 1.54) is 7.11 Å². The Morgan fingerprint density at radius 2 is 0.936 bits per heavy atom. The summed E-state index contributed by atoms with van der Waals surface area (Å²) < 4.78 is 70.4. The summed E-state index contributed by atoms with van der Waals surface area (Å²) in [4.78, 5) is 0. The molecule has 11 atom stereocenters. The van der Waals surface area contributed by atoms with Crippen LogP contribution in [0.4, 0.5) is 0 Å². The molecule has 0 radical (unpaired) electrons. The zero-order valence-corrected chi connectivity index (χ0v) is 45.8. The van der Waals surface area contributed by atoms with Crippen LogP contribution in [0.25, 0.3) is 0 Å². The van der Waals surface area contributed by atoms with E-state index in [-0.39, 0.29) is 32.0 Å². The molecule has 0 spiro atoms. The van der Waals surface area contributed by atoms with Crippen molar-refractivity contribution in [2.45, 2.75) is 108 Å². The van der Waals surface area contributed by atoms with Crippen LogP contribution in [0.5, 0.6) is 0 Å². The number of hydrogen-bond acceptors (Lipinski definition) is 16. The zero-order valence-electron chi connectivity index (χ0n) is 44.3. The molecule has 5 unspecified atom stereocenters. The lowest BCUT2D eigenvalue weighted by molar-refractivity contribution is -0.157. The number of methoxy groups -OCH3 is 1. The SMILES string of the molecule is COC1O[C@@H](CO)[C@H](O)C1C.CS(=O)(=O)Cl.OC1O[C@@H](COCc2ccccc2)[C@H](OCc2ccccc2)C1OCc1ccccc1.OCC(OCc1ccccc1)[C@@H](OCc1ccccc1)[C@@H](O)COCc1ccccc1. The van der Waals surface area contributed by atoms with Crippen LogP contribution in [0.15, 0.2) is 182 Å². The Morgan fingerprint density at radius 3 is 1.32 bits per heavy atom. The van der Waals surface area contributed by atoms with E-state index in [1.54, 1.807) is 0 Å². The Kier molecular flexibility index (Phi) is 29.1. The minimum atomic E-state index is -3.19. The lowest BCUT2D eigenvalue weighted by atomic mass is 10.0. The van der Waals surface area contributed by atoms with Crippen LogP contribution in [-0.2, 0) is 91.3 Å². The molecule has 424 valence electrons. The number of halogens is 1. The van der Waals surface area contributed by atoms with Gasteiger partial charge in [0.1, 0.15) is 42.7 Å². The van der Waals surface area contributed by atoms with E-state index in [4.69, 9.17) is 47.7 Å². The Labute approximate surface area is 463 Å². The van der Waals surface area contributed by atoms with Gasteiger partial charge in [0.15, 0.2) is 12.6 Å². The van der Waals surface area contributed by atoms with Crippen LogP contribution in [0.1, 0.15) is 40.3 Å². The van der Waals surface area contributed by atoms with E-state index in [0.29, 0.717) is 46.2 Å². The summed E-state index contributed by atoms with van der Waals surface area (Å²) >= 11 is 0. The van der Waals surface area contributed by atoms with Crippen LogP contribution in [0.2, 0.25) is 0 Å². The Hall–Kier alpha value is -5.00. The van der Waals surface area contributed by atoms with Crippen LogP contribution in [0.3, 0.4) is 0 Å². The normalized spacial score (nSPS) is 21.9. The predicted octanol–water partition coefficient (Wildman–Crippen LogP) is 7.35. The Balaban J connectivity index is 0.000000225. The zero-order chi connectivity index (χ0) is 56.0. The highest BCUT2D eigenvalue weighted by Crippen LogP contribution is 2.29. The van der Waals surface area contributed by atoms with Crippen LogP contribution in [-0.4, -0.2) is 135 Å². The Bertz CT molecular complexity index is 2490. The van der Waals surface area contributed by atoms with Gasteiger partial charge in [-0.2, -0.15) is 0 Å². The van der Waals surface area contributed by atoms with Gasteiger partial charge < -0.3 is 68.2 Å². The second-order valence-corrected chi connectivity index (χ2v) is 21.5. The highest BCUT2D eigenvalue weighted by Gasteiger charge is 2.46. The molecular weight excluding hydrogens is 1040 g/mol. The first kappa shape index (κ1) is 63.8. The van der Waals surface area contributed by atoms with E-state index in [9.17, 15) is 28.8 Å². The molecule has 78 heavy (non-hydrogen) atoms. The van der Waals surface area contributed by atoms with Crippen molar-refractivity contribution in [3.63, 3.8) is 0 Å². The summed E-state index contributed by atoms with van der Waals surface area (Å²) in [6.07, 6.45) is -5.53. The van der Waals surface area contributed by atoms with Gasteiger partial charge in [0.25, 0.3) is 0 Å². The standard InChI is InChI=1S/C26H28O5.C26H30O5.C7H14O4.CH3ClO2S/c27-26-25(30-18-22-14-8-3-9-15-22)24(29-17-21-12-6-2-7-13-21)23(31-26)19-28-16-20-10-4-1-5-11-20;27-16-25(30-18-22-12-6-2-7-13-22)26(31-19-23-14-8-3-9-15-23)24(28)20-29-17-21-10-4-1-5-11-21;1-4-6(9)5(3-8)11-7(4)10-2;1-5(2,3)4/h1-15,23-27H,16-19H2;1-15,24-28H,16-20H2;4-9H,3H2,1-2H3;1H3/t23-,24-,25?,26?;24-,25?,26-;4?,5-,6+,7?;/m000./s1. The first-order chi connectivity index (χ1) is 37.8. The van der Waals surface area contributed by atoms with E-state index in [2.05, 4.69) is 10.7 Å². The average Bonchev–Trinajstić information content (AvgIpc) is 3.93. The van der Waals surface area contributed by atoms with Crippen LogP contribution >= 0.6 is 10.7 Å². The molecule has 2 fully saturated rings. The number of benzene rings is 6. The van der Waals surface area contributed by atoms with Crippen molar-refractivity contribution in [1.29, 1.82) is 0 Å². The average molecular weight is 1120 g/mol. The third kappa shape index (κ3) is 23.8. The number of rotatable bonds is 25. The first-order valence-corrected chi connectivity index (χ1v) is 28.3. The van der Waals surface area contributed by atoms with Gasteiger partial charge in [0.2, 0.25) is 9.05 Å². The third-order valence-electron chi connectivity index (χ3n) is 12.2. The second kappa shape index (κ2) is 35.6. The smallest absolute Gasteiger partial charge is 0.229 e. The lowest BCUT2D eigenvalue weighted by Gasteiger charge is -2.30. The molecule has 6 aromatic rings. The van der Waals surface area contributed by atoms with Crippen molar-refractivity contribution >= 4 is 19.7 Å². The topological polar surface area (TPSA) is 218 Å². The monoisotopic (exact) mass is 1120 g/mol. The summed E-state index contributed by atoms with van der Waals surface area (Å²) in [5, 5.41) is 49.4. The maximum atomic E-state index is 10.8. The van der Waals surface area contributed by atoms with Gasteiger partial charge >= 0.3 is 0 Å². The van der Waals surface area contributed by atoms with E-state index < -0.39 is 64.2 Å². The van der Waals surface area contributed by atoms with Crippen LogP contribution in [0, 0.1) is 5.92 Å². The molecule has 5 N–H and O–H groups in total.